The minimum Gasteiger partial charge on any atom is -0.464 e. The molecule has 0 bridgehead atoms. The van der Waals surface area contributed by atoms with E-state index in [1.807, 2.05) is 6.92 Å². The van der Waals surface area contributed by atoms with Crippen LogP contribution in [0.25, 0.3) is 10.8 Å². The van der Waals surface area contributed by atoms with E-state index >= 15 is 0 Å². The van der Waals surface area contributed by atoms with Gasteiger partial charge in [-0.25, -0.2) is 0 Å². The van der Waals surface area contributed by atoms with Gasteiger partial charge in [0.15, 0.2) is 0 Å². The Hall–Kier alpha value is -2.70. The Bertz CT molecular complexity index is 1070. The number of rotatable bonds is 5. The summed E-state index contributed by atoms with van der Waals surface area (Å²) in [5.74, 6) is 1.06. The van der Waals surface area contributed by atoms with Crippen molar-refractivity contribution in [2.45, 2.75) is 33.0 Å². The third-order valence-electron chi connectivity index (χ3n) is 6.66. The largest absolute Gasteiger partial charge is 0.464 e. The van der Waals surface area contributed by atoms with E-state index in [0.29, 0.717) is 12.6 Å². The van der Waals surface area contributed by atoms with Crippen LogP contribution in [0, 0.1) is 0 Å². The number of likely N-dealkylation sites (N-methyl/N-ethyl adjacent to an activating group) is 1. The average molecular weight is 418 g/mol. The second kappa shape index (κ2) is 8.44. The summed E-state index contributed by atoms with van der Waals surface area (Å²) in [5, 5.41) is 2.62. The molecule has 0 amide bonds. The second-order valence-corrected chi connectivity index (χ2v) is 8.63. The summed E-state index contributed by atoms with van der Waals surface area (Å²) in [6.45, 7) is 10.7. The molecule has 2 aliphatic heterocycles. The normalized spacial score (nSPS) is 18.4. The molecule has 1 saturated heterocycles. The monoisotopic (exact) mass is 417 g/mol. The van der Waals surface area contributed by atoms with Crippen LogP contribution in [0.5, 0.6) is 6.01 Å². The molecule has 5 rings (SSSR count). The average Bonchev–Trinajstić information content (AvgIpc) is 3.23. The number of hydrogen-bond acceptors (Lipinski definition) is 6. The Morgan fingerprint density at radius 1 is 0.968 bits per heavy atom. The first-order chi connectivity index (χ1) is 15.1. The summed E-state index contributed by atoms with van der Waals surface area (Å²) >= 11 is 0. The molecule has 0 saturated carbocycles. The van der Waals surface area contributed by atoms with Crippen molar-refractivity contribution in [1.82, 2.24) is 19.8 Å². The lowest BCUT2D eigenvalue weighted by molar-refractivity contribution is 0.214. The van der Waals surface area contributed by atoms with Crippen LogP contribution in [0.3, 0.4) is 0 Å². The molecule has 1 fully saturated rings. The Morgan fingerprint density at radius 3 is 2.55 bits per heavy atom. The van der Waals surface area contributed by atoms with Crippen LogP contribution in [0.15, 0.2) is 42.5 Å². The molecule has 6 nitrogen and oxygen atoms in total. The van der Waals surface area contributed by atoms with E-state index in [1.165, 1.54) is 21.9 Å². The van der Waals surface area contributed by atoms with Gasteiger partial charge in [-0.15, -0.1) is 0 Å². The first-order valence-corrected chi connectivity index (χ1v) is 11.3. The van der Waals surface area contributed by atoms with Gasteiger partial charge in [-0.2, -0.15) is 9.97 Å². The number of hydrogen-bond donors (Lipinski definition) is 0. The number of nitrogens with zero attached hydrogens (tertiary/aromatic N) is 5. The van der Waals surface area contributed by atoms with Gasteiger partial charge in [0.1, 0.15) is 5.82 Å². The van der Waals surface area contributed by atoms with Crippen LogP contribution in [0.2, 0.25) is 0 Å². The van der Waals surface area contributed by atoms with Gasteiger partial charge in [0, 0.05) is 50.9 Å². The third-order valence-corrected chi connectivity index (χ3v) is 6.66. The summed E-state index contributed by atoms with van der Waals surface area (Å²) < 4.78 is 5.74. The molecular weight excluding hydrogens is 386 g/mol. The Balaban J connectivity index is 1.47. The molecule has 6 heteroatoms. The lowest BCUT2D eigenvalue weighted by atomic mass is 9.99. The highest BCUT2D eigenvalue weighted by molar-refractivity contribution is 5.86. The minimum absolute atomic E-state index is 0.288. The molecule has 0 spiro atoms. The van der Waals surface area contributed by atoms with Gasteiger partial charge in [0.25, 0.3) is 0 Å². The molecule has 1 unspecified atom stereocenters. The van der Waals surface area contributed by atoms with Gasteiger partial charge in [0.2, 0.25) is 0 Å². The lowest BCUT2D eigenvalue weighted by Crippen LogP contribution is -2.45. The van der Waals surface area contributed by atoms with Crippen molar-refractivity contribution >= 4 is 16.6 Å². The van der Waals surface area contributed by atoms with Gasteiger partial charge in [0.05, 0.1) is 12.3 Å². The highest BCUT2D eigenvalue weighted by Gasteiger charge is 2.32. The zero-order chi connectivity index (χ0) is 21.4. The molecule has 0 radical (unpaired) electrons. The summed E-state index contributed by atoms with van der Waals surface area (Å²) in [5.41, 5.74) is 3.74. The number of piperazine rings is 1. The van der Waals surface area contributed by atoms with E-state index < -0.39 is 0 Å². The number of benzene rings is 2. The van der Waals surface area contributed by atoms with Crippen LogP contribution in [-0.2, 0) is 13.1 Å². The Labute approximate surface area is 184 Å². The zero-order valence-corrected chi connectivity index (χ0v) is 18.7. The summed E-state index contributed by atoms with van der Waals surface area (Å²) in [7, 11) is 2.18. The fourth-order valence-corrected chi connectivity index (χ4v) is 4.80. The Morgan fingerprint density at radius 2 is 1.74 bits per heavy atom. The van der Waals surface area contributed by atoms with E-state index in [4.69, 9.17) is 14.7 Å². The first kappa shape index (κ1) is 20.2. The van der Waals surface area contributed by atoms with Crippen LogP contribution in [-0.4, -0.2) is 59.6 Å². The van der Waals surface area contributed by atoms with Gasteiger partial charge >= 0.3 is 6.01 Å². The van der Waals surface area contributed by atoms with Gasteiger partial charge in [-0.3, -0.25) is 4.90 Å². The molecule has 2 aromatic carbocycles. The van der Waals surface area contributed by atoms with Crippen LogP contribution >= 0.6 is 0 Å². The maximum Gasteiger partial charge on any atom is 0.318 e. The van der Waals surface area contributed by atoms with Gasteiger partial charge < -0.3 is 14.5 Å². The van der Waals surface area contributed by atoms with E-state index in [9.17, 15) is 0 Å². The molecule has 0 aliphatic carbocycles. The minimum atomic E-state index is 0.288. The van der Waals surface area contributed by atoms with Crippen LogP contribution in [0.1, 0.15) is 36.7 Å². The fraction of sp³-hybridized carbons (Fsp3) is 0.440. The molecule has 31 heavy (non-hydrogen) atoms. The lowest BCUT2D eigenvalue weighted by Gasteiger charge is -2.34. The predicted octanol–water partition coefficient (Wildman–Crippen LogP) is 3.86. The summed E-state index contributed by atoms with van der Waals surface area (Å²) in [4.78, 5) is 16.9. The molecule has 1 aromatic heterocycles. The summed E-state index contributed by atoms with van der Waals surface area (Å²) in [6.07, 6.45) is 0. The number of anilines is 1. The third kappa shape index (κ3) is 3.86. The number of aromatic nitrogens is 2. The highest BCUT2D eigenvalue weighted by Crippen LogP contribution is 2.37. The molecule has 3 aromatic rings. The van der Waals surface area contributed by atoms with Crippen LogP contribution < -0.4 is 9.64 Å². The number of ether oxygens (including phenoxy) is 1. The summed E-state index contributed by atoms with van der Waals surface area (Å²) in [6, 6.07) is 16.1. The van der Waals surface area contributed by atoms with Crippen LogP contribution in [0.4, 0.5) is 5.82 Å². The standard InChI is InChI=1S/C25H31N5O/c1-4-31-25-26-23-17-30(16-22(23)24(27-25)29-14-12-28(3)13-15-29)18(2)20-11-7-9-19-8-5-6-10-21(19)20/h5-11,18H,4,12-17H2,1-3H3. The van der Waals surface area contributed by atoms with Gasteiger partial charge in [-0.1, -0.05) is 42.5 Å². The topological polar surface area (TPSA) is 44.7 Å². The molecule has 162 valence electrons. The maximum absolute atomic E-state index is 5.74. The smallest absolute Gasteiger partial charge is 0.318 e. The van der Waals surface area contributed by atoms with Crippen molar-refractivity contribution in [2.75, 3.05) is 44.7 Å². The van der Waals surface area contributed by atoms with Crippen molar-refractivity contribution in [3.8, 4) is 6.01 Å². The quantitative estimate of drug-likeness (QED) is 0.628. The van der Waals surface area contributed by atoms with E-state index in [-0.39, 0.29) is 6.04 Å². The zero-order valence-electron chi connectivity index (χ0n) is 18.7. The molecule has 2 aliphatic rings. The van der Waals surface area contributed by atoms with Crippen molar-refractivity contribution in [2.24, 2.45) is 0 Å². The van der Waals surface area contributed by atoms with Gasteiger partial charge in [-0.05, 0) is 37.2 Å². The SMILES string of the molecule is CCOc1nc2c(c(N3CCN(C)CC3)n1)CN(C(C)c1cccc3ccccc13)C2. The second-order valence-electron chi connectivity index (χ2n) is 8.63. The van der Waals surface area contributed by atoms with Crippen molar-refractivity contribution in [3.05, 3.63) is 59.3 Å². The maximum atomic E-state index is 5.74. The fourth-order valence-electron chi connectivity index (χ4n) is 4.80. The van der Waals surface area contributed by atoms with E-state index in [0.717, 1.165) is 50.8 Å². The number of fused-ring (bicyclic) bond motifs is 2. The molecule has 0 N–H and O–H groups in total. The van der Waals surface area contributed by atoms with E-state index in [2.05, 4.69) is 71.1 Å². The predicted molar refractivity (Wildman–Crippen MR) is 125 cm³/mol. The van der Waals surface area contributed by atoms with E-state index in [1.54, 1.807) is 0 Å². The van der Waals surface area contributed by atoms with Crippen molar-refractivity contribution in [1.29, 1.82) is 0 Å². The molecule has 1 atom stereocenters. The Kier molecular flexibility index (Phi) is 5.50. The first-order valence-electron chi connectivity index (χ1n) is 11.3. The highest BCUT2D eigenvalue weighted by atomic mass is 16.5. The van der Waals surface area contributed by atoms with Crippen molar-refractivity contribution in [3.63, 3.8) is 0 Å². The molecular formula is C25H31N5O. The van der Waals surface area contributed by atoms with Crippen molar-refractivity contribution < 1.29 is 4.74 Å². The molecule has 3 heterocycles.